The van der Waals surface area contributed by atoms with E-state index in [4.69, 9.17) is 9.47 Å². The summed E-state index contributed by atoms with van der Waals surface area (Å²) >= 11 is 0. The highest BCUT2D eigenvalue weighted by atomic mass is 16.5. The molecule has 4 nitrogen and oxygen atoms in total. The van der Waals surface area contributed by atoms with Crippen molar-refractivity contribution in [3.8, 4) is 0 Å². The van der Waals surface area contributed by atoms with Gasteiger partial charge in [-0.05, 0) is 56.3 Å². The average Bonchev–Trinajstić information content (AvgIpc) is 2.76. The first kappa shape index (κ1) is 31.9. The molecule has 0 saturated carbocycles. The molecule has 0 fully saturated rings. The molecule has 0 N–H and O–H groups in total. The third-order valence-corrected chi connectivity index (χ3v) is 6.46. The van der Waals surface area contributed by atoms with E-state index in [1.165, 1.54) is 44.9 Å². The van der Waals surface area contributed by atoms with E-state index in [2.05, 4.69) is 34.6 Å². The summed E-state index contributed by atoms with van der Waals surface area (Å²) in [6.07, 6.45) is 18.1. The lowest BCUT2D eigenvalue weighted by atomic mass is 9.93. The first-order valence-corrected chi connectivity index (χ1v) is 14.2. The Balaban J connectivity index is 3.53. The summed E-state index contributed by atoms with van der Waals surface area (Å²) in [5.41, 5.74) is 0. The maximum Gasteiger partial charge on any atom is 0.305 e. The molecule has 0 aliphatic rings. The molecule has 196 valence electrons. The zero-order valence-electron chi connectivity index (χ0n) is 22.8. The molecule has 0 bridgehead atoms. The van der Waals surface area contributed by atoms with Crippen LogP contribution in [0, 0.1) is 17.8 Å². The lowest BCUT2D eigenvalue weighted by Gasteiger charge is -2.14. The Morgan fingerprint density at radius 2 is 1.00 bits per heavy atom. The third kappa shape index (κ3) is 23.9. The molecule has 0 aliphatic heterocycles. The van der Waals surface area contributed by atoms with Gasteiger partial charge in [0.25, 0.3) is 0 Å². The van der Waals surface area contributed by atoms with Crippen molar-refractivity contribution in [2.24, 2.45) is 17.8 Å². The zero-order valence-corrected chi connectivity index (χ0v) is 22.8. The van der Waals surface area contributed by atoms with Crippen LogP contribution in [0.15, 0.2) is 0 Å². The van der Waals surface area contributed by atoms with Crippen molar-refractivity contribution in [3.63, 3.8) is 0 Å². The van der Waals surface area contributed by atoms with E-state index in [0.717, 1.165) is 63.2 Å². The maximum atomic E-state index is 11.9. The molecule has 4 heteroatoms. The minimum Gasteiger partial charge on any atom is -0.466 e. The van der Waals surface area contributed by atoms with Crippen molar-refractivity contribution >= 4 is 11.9 Å². The highest BCUT2D eigenvalue weighted by Crippen LogP contribution is 2.20. The largest absolute Gasteiger partial charge is 0.466 e. The number of unbranched alkanes of at least 4 members (excludes halogenated alkanes) is 7. The fourth-order valence-electron chi connectivity index (χ4n) is 4.11. The fraction of sp³-hybridized carbons (Fsp3) is 0.931. The van der Waals surface area contributed by atoms with Gasteiger partial charge in [0.05, 0.1) is 13.2 Å². The van der Waals surface area contributed by atoms with Crippen LogP contribution < -0.4 is 0 Å². The van der Waals surface area contributed by atoms with Gasteiger partial charge in [-0.3, -0.25) is 9.59 Å². The second-order valence-corrected chi connectivity index (χ2v) is 10.7. The molecular weight excluding hydrogens is 412 g/mol. The Morgan fingerprint density at radius 3 is 1.52 bits per heavy atom. The Morgan fingerprint density at radius 1 is 0.545 bits per heavy atom. The number of hydrogen-bond donors (Lipinski definition) is 0. The predicted octanol–water partition coefficient (Wildman–Crippen LogP) is 8.65. The Bertz CT molecular complexity index is 459. The molecule has 0 aromatic carbocycles. The van der Waals surface area contributed by atoms with Crippen molar-refractivity contribution in [1.29, 1.82) is 0 Å². The summed E-state index contributed by atoms with van der Waals surface area (Å²) in [6.45, 7) is 12.3. The quantitative estimate of drug-likeness (QED) is 0.111. The number of hydrogen-bond acceptors (Lipinski definition) is 4. The monoisotopic (exact) mass is 468 g/mol. The minimum atomic E-state index is -0.0283. The minimum absolute atomic E-state index is 0.0212. The van der Waals surface area contributed by atoms with E-state index < -0.39 is 0 Å². The van der Waals surface area contributed by atoms with Crippen LogP contribution in [0.2, 0.25) is 0 Å². The summed E-state index contributed by atoms with van der Waals surface area (Å²) in [4.78, 5) is 23.7. The molecule has 0 rings (SSSR count). The smallest absolute Gasteiger partial charge is 0.305 e. The van der Waals surface area contributed by atoms with Gasteiger partial charge in [0.1, 0.15) is 0 Å². The van der Waals surface area contributed by atoms with E-state index in [1.54, 1.807) is 0 Å². The molecule has 1 atom stereocenters. The predicted molar refractivity (Wildman–Crippen MR) is 139 cm³/mol. The van der Waals surface area contributed by atoms with E-state index in [-0.39, 0.29) is 11.9 Å². The van der Waals surface area contributed by atoms with Gasteiger partial charge in [-0.1, -0.05) is 92.4 Å². The van der Waals surface area contributed by atoms with Crippen LogP contribution in [-0.2, 0) is 19.1 Å². The van der Waals surface area contributed by atoms with Crippen LogP contribution in [0.3, 0.4) is 0 Å². The van der Waals surface area contributed by atoms with Gasteiger partial charge in [-0.2, -0.15) is 0 Å². The molecule has 0 saturated heterocycles. The number of carbonyl (C=O) groups excluding carboxylic acids is 2. The van der Waals surface area contributed by atoms with Gasteiger partial charge in [-0.15, -0.1) is 0 Å². The highest BCUT2D eigenvalue weighted by Gasteiger charge is 2.11. The highest BCUT2D eigenvalue weighted by molar-refractivity contribution is 5.69. The number of esters is 2. The van der Waals surface area contributed by atoms with Gasteiger partial charge in [0.2, 0.25) is 0 Å². The molecule has 0 aromatic rings. The van der Waals surface area contributed by atoms with Crippen molar-refractivity contribution in [2.75, 3.05) is 13.2 Å². The van der Waals surface area contributed by atoms with E-state index >= 15 is 0 Å². The summed E-state index contributed by atoms with van der Waals surface area (Å²) < 4.78 is 10.7. The van der Waals surface area contributed by atoms with Crippen molar-refractivity contribution in [1.82, 2.24) is 0 Å². The van der Waals surface area contributed by atoms with Crippen LogP contribution in [0.5, 0.6) is 0 Å². The van der Waals surface area contributed by atoms with Crippen molar-refractivity contribution < 1.29 is 19.1 Å². The van der Waals surface area contributed by atoms with Crippen LogP contribution in [0.25, 0.3) is 0 Å². The first-order valence-electron chi connectivity index (χ1n) is 14.2. The van der Waals surface area contributed by atoms with Gasteiger partial charge in [0.15, 0.2) is 0 Å². The molecule has 1 unspecified atom stereocenters. The third-order valence-electron chi connectivity index (χ3n) is 6.46. The van der Waals surface area contributed by atoms with Crippen LogP contribution in [0.4, 0.5) is 0 Å². The van der Waals surface area contributed by atoms with Gasteiger partial charge >= 0.3 is 11.9 Å². The normalized spacial score (nSPS) is 12.3. The van der Waals surface area contributed by atoms with Crippen LogP contribution in [-0.4, -0.2) is 25.2 Å². The fourth-order valence-corrected chi connectivity index (χ4v) is 4.11. The molecule has 0 heterocycles. The number of rotatable bonds is 23. The van der Waals surface area contributed by atoms with Crippen LogP contribution >= 0.6 is 0 Å². The summed E-state index contributed by atoms with van der Waals surface area (Å²) in [7, 11) is 0. The summed E-state index contributed by atoms with van der Waals surface area (Å²) in [6, 6.07) is 0. The number of ether oxygens (including phenoxy) is 2. The van der Waals surface area contributed by atoms with E-state index in [9.17, 15) is 9.59 Å². The zero-order chi connectivity index (χ0) is 24.7. The molecule has 0 amide bonds. The summed E-state index contributed by atoms with van der Waals surface area (Å²) in [5.74, 6) is 2.04. The van der Waals surface area contributed by atoms with E-state index in [0.29, 0.717) is 32.0 Å². The van der Waals surface area contributed by atoms with E-state index in [1.807, 2.05) is 0 Å². The molecule has 33 heavy (non-hydrogen) atoms. The Hall–Kier alpha value is -1.06. The van der Waals surface area contributed by atoms with Gasteiger partial charge in [0, 0.05) is 12.8 Å². The number of carbonyl (C=O) groups is 2. The molecule has 0 radical (unpaired) electrons. The topological polar surface area (TPSA) is 52.6 Å². The first-order chi connectivity index (χ1) is 15.8. The Kier molecular flexibility index (Phi) is 22.0. The maximum absolute atomic E-state index is 11.9. The standard InChI is InChI=1S/C29H56O4/c1-6-27(21-22-29(31)33-24-16-14-18-26(4)5)19-11-9-7-8-10-12-20-28(30)32-23-15-13-17-25(2)3/h25-27H,6-24H2,1-5H3. The Labute approximate surface area is 206 Å². The second-order valence-electron chi connectivity index (χ2n) is 10.7. The molecule has 0 spiro atoms. The SMILES string of the molecule is CCC(CCCCCCCCC(=O)OCCCCC(C)C)CCC(=O)OCCCCC(C)C. The lowest BCUT2D eigenvalue weighted by Crippen LogP contribution is -2.09. The second kappa shape index (κ2) is 22.7. The summed E-state index contributed by atoms with van der Waals surface area (Å²) in [5, 5.41) is 0. The van der Waals surface area contributed by atoms with Gasteiger partial charge in [-0.25, -0.2) is 0 Å². The van der Waals surface area contributed by atoms with Crippen molar-refractivity contribution in [3.05, 3.63) is 0 Å². The van der Waals surface area contributed by atoms with Gasteiger partial charge < -0.3 is 9.47 Å². The lowest BCUT2D eigenvalue weighted by molar-refractivity contribution is -0.145. The van der Waals surface area contributed by atoms with Crippen molar-refractivity contribution in [2.45, 2.75) is 144 Å². The average molecular weight is 469 g/mol. The molecular formula is C29H56O4. The molecule has 0 aromatic heterocycles. The van der Waals surface area contributed by atoms with Crippen LogP contribution in [0.1, 0.15) is 144 Å². The molecule has 0 aliphatic carbocycles.